The number of nitrogens with one attached hydrogen (secondary N) is 1. The fourth-order valence-electron chi connectivity index (χ4n) is 2.81. The Bertz CT molecular complexity index is 654. The smallest absolute Gasteiger partial charge is 0.223 e. The van der Waals surface area contributed by atoms with Crippen LogP contribution in [-0.2, 0) is 6.54 Å². The van der Waals surface area contributed by atoms with E-state index in [9.17, 15) is 0 Å². The zero-order valence-electron chi connectivity index (χ0n) is 13.7. The Morgan fingerprint density at radius 3 is 2.78 bits per heavy atom. The summed E-state index contributed by atoms with van der Waals surface area (Å²) in [5, 5.41) is 3.26. The maximum atomic E-state index is 6.20. The summed E-state index contributed by atoms with van der Waals surface area (Å²) in [4.78, 5) is 8.60. The van der Waals surface area contributed by atoms with Gasteiger partial charge in [0.25, 0.3) is 0 Å². The quantitative estimate of drug-likeness (QED) is 0.880. The molecule has 0 bridgehead atoms. The van der Waals surface area contributed by atoms with Crippen LogP contribution in [0.2, 0.25) is 0 Å². The average molecular weight is 313 g/mol. The van der Waals surface area contributed by atoms with Crippen LogP contribution in [0.5, 0.6) is 11.5 Å². The molecule has 2 aromatic rings. The first-order valence-electron chi connectivity index (χ1n) is 8.11. The highest BCUT2D eigenvalue weighted by atomic mass is 16.5. The van der Waals surface area contributed by atoms with Gasteiger partial charge in [-0.2, -0.15) is 0 Å². The maximum Gasteiger partial charge on any atom is 0.223 e. The van der Waals surface area contributed by atoms with Gasteiger partial charge >= 0.3 is 0 Å². The number of nitrogens with zero attached hydrogens (tertiary/aromatic N) is 2. The summed E-state index contributed by atoms with van der Waals surface area (Å²) in [5.74, 6) is 2.33. The number of methoxy groups -OCH3 is 1. The van der Waals surface area contributed by atoms with E-state index in [4.69, 9.17) is 9.47 Å². The second-order valence-electron chi connectivity index (χ2n) is 5.87. The molecule has 1 aromatic carbocycles. The minimum atomic E-state index is 0.316. The minimum absolute atomic E-state index is 0.316. The van der Waals surface area contributed by atoms with Crippen molar-refractivity contribution in [2.24, 2.45) is 0 Å². The number of aryl methyl sites for hydroxylation is 1. The number of benzene rings is 1. The van der Waals surface area contributed by atoms with E-state index in [0.717, 1.165) is 35.6 Å². The number of hydrogen-bond donors (Lipinski definition) is 1. The molecule has 3 rings (SSSR count). The molecule has 0 saturated heterocycles. The van der Waals surface area contributed by atoms with Gasteiger partial charge in [-0.25, -0.2) is 9.97 Å². The molecule has 0 spiro atoms. The van der Waals surface area contributed by atoms with Crippen molar-refractivity contribution in [3.05, 3.63) is 41.7 Å². The third-order valence-corrected chi connectivity index (χ3v) is 4.10. The third-order valence-electron chi connectivity index (χ3n) is 4.10. The van der Waals surface area contributed by atoms with Crippen LogP contribution in [0.1, 0.15) is 36.9 Å². The highest BCUT2D eigenvalue weighted by molar-refractivity contribution is 5.43. The normalized spacial score (nSPS) is 14.7. The summed E-state index contributed by atoms with van der Waals surface area (Å²) >= 11 is 0. The van der Waals surface area contributed by atoms with E-state index < -0.39 is 0 Å². The van der Waals surface area contributed by atoms with E-state index in [-0.39, 0.29) is 0 Å². The van der Waals surface area contributed by atoms with Crippen molar-refractivity contribution < 1.29 is 9.47 Å². The van der Waals surface area contributed by atoms with Crippen molar-refractivity contribution >= 4 is 5.95 Å². The molecule has 1 heterocycles. The number of aromatic nitrogens is 2. The van der Waals surface area contributed by atoms with Crippen molar-refractivity contribution in [3.8, 4) is 11.5 Å². The summed E-state index contributed by atoms with van der Waals surface area (Å²) in [5.41, 5.74) is 2.03. The van der Waals surface area contributed by atoms with Gasteiger partial charge in [-0.05, 0) is 50.8 Å². The first-order chi connectivity index (χ1) is 11.2. The number of hydrogen-bond acceptors (Lipinski definition) is 5. The van der Waals surface area contributed by atoms with Gasteiger partial charge < -0.3 is 14.8 Å². The van der Waals surface area contributed by atoms with E-state index in [1.165, 1.54) is 12.8 Å². The van der Waals surface area contributed by atoms with Gasteiger partial charge in [0.15, 0.2) is 0 Å². The lowest BCUT2D eigenvalue weighted by Crippen LogP contribution is -2.13. The van der Waals surface area contributed by atoms with Crippen molar-refractivity contribution in [2.75, 3.05) is 12.4 Å². The van der Waals surface area contributed by atoms with Gasteiger partial charge in [-0.15, -0.1) is 0 Å². The fourth-order valence-corrected chi connectivity index (χ4v) is 2.81. The minimum Gasteiger partial charge on any atom is -0.497 e. The lowest BCUT2D eigenvalue weighted by molar-refractivity contribution is 0.207. The van der Waals surface area contributed by atoms with Crippen LogP contribution in [0.25, 0.3) is 0 Å². The highest BCUT2D eigenvalue weighted by Crippen LogP contribution is 2.30. The molecule has 0 aliphatic heterocycles. The molecule has 1 aliphatic rings. The number of anilines is 1. The van der Waals surface area contributed by atoms with Crippen molar-refractivity contribution in [1.82, 2.24) is 9.97 Å². The zero-order chi connectivity index (χ0) is 16.1. The molecule has 0 atom stereocenters. The van der Waals surface area contributed by atoms with Gasteiger partial charge in [0, 0.05) is 30.1 Å². The van der Waals surface area contributed by atoms with Crippen LogP contribution in [-0.4, -0.2) is 23.2 Å². The Morgan fingerprint density at radius 2 is 2.04 bits per heavy atom. The molecule has 1 aromatic heterocycles. The molecule has 1 N–H and O–H groups in total. The Morgan fingerprint density at radius 1 is 1.22 bits per heavy atom. The van der Waals surface area contributed by atoms with Crippen LogP contribution < -0.4 is 14.8 Å². The Labute approximate surface area is 137 Å². The van der Waals surface area contributed by atoms with E-state index in [1.807, 2.05) is 31.2 Å². The molecule has 0 radical (unpaired) electrons. The average Bonchev–Trinajstić information content (AvgIpc) is 3.06. The summed E-state index contributed by atoms with van der Waals surface area (Å²) in [6.45, 7) is 2.57. The SMILES string of the molecule is COc1ccc(CNc2nccc(C)n2)c(OC2CCCC2)c1. The molecule has 5 heteroatoms. The zero-order valence-corrected chi connectivity index (χ0v) is 13.7. The molecule has 0 unspecified atom stereocenters. The first-order valence-corrected chi connectivity index (χ1v) is 8.11. The van der Waals surface area contributed by atoms with Gasteiger partial charge in [0.1, 0.15) is 11.5 Å². The van der Waals surface area contributed by atoms with Crippen LogP contribution in [0.3, 0.4) is 0 Å². The van der Waals surface area contributed by atoms with E-state index >= 15 is 0 Å². The summed E-state index contributed by atoms with van der Waals surface area (Å²) < 4.78 is 11.5. The molecular formula is C18H23N3O2. The Hall–Kier alpha value is -2.30. The molecule has 1 aliphatic carbocycles. The lowest BCUT2D eigenvalue weighted by Gasteiger charge is -2.18. The molecule has 0 amide bonds. The van der Waals surface area contributed by atoms with Gasteiger partial charge in [-0.3, -0.25) is 0 Å². The Balaban J connectivity index is 1.74. The van der Waals surface area contributed by atoms with Gasteiger partial charge in [-0.1, -0.05) is 0 Å². The number of rotatable bonds is 6. The second-order valence-corrected chi connectivity index (χ2v) is 5.87. The van der Waals surface area contributed by atoms with Crippen molar-refractivity contribution in [3.63, 3.8) is 0 Å². The molecule has 1 saturated carbocycles. The molecule has 1 fully saturated rings. The predicted octanol–water partition coefficient (Wildman–Crippen LogP) is 3.73. The van der Waals surface area contributed by atoms with Gasteiger partial charge in [0.2, 0.25) is 5.95 Å². The monoisotopic (exact) mass is 313 g/mol. The van der Waals surface area contributed by atoms with Crippen molar-refractivity contribution in [1.29, 1.82) is 0 Å². The lowest BCUT2D eigenvalue weighted by atomic mass is 10.2. The van der Waals surface area contributed by atoms with Gasteiger partial charge in [0.05, 0.1) is 13.2 Å². The van der Waals surface area contributed by atoms with Crippen LogP contribution in [0.15, 0.2) is 30.5 Å². The summed E-state index contributed by atoms with van der Waals surface area (Å²) in [6, 6.07) is 7.83. The summed E-state index contributed by atoms with van der Waals surface area (Å²) in [6.07, 6.45) is 6.83. The number of ether oxygens (including phenoxy) is 2. The van der Waals surface area contributed by atoms with E-state index in [2.05, 4.69) is 15.3 Å². The third kappa shape index (κ3) is 4.12. The topological polar surface area (TPSA) is 56.3 Å². The predicted molar refractivity (Wildman–Crippen MR) is 90.0 cm³/mol. The first kappa shape index (κ1) is 15.6. The van der Waals surface area contributed by atoms with Crippen LogP contribution >= 0.6 is 0 Å². The maximum absolute atomic E-state index is 6.20. The van der Waals surface area contributed by atoms with Crippen molar-refractivity contribution in [2.45, 2.75) is 45.3 Å². The standard InChI is InChI=1S/C18H23N3O2/c1-13-9-10-19-18(21-13)20-12-14-7-8-16(22-2)11-17(14)23-15-5-3-4-6-15/h7-11,15H,3-6,12H2,1-2H3,(H,19,20,21). The molecule has 122 valence electrons. The van der Waals surface area contributed by atoms with E-state index in [0.29, 0.717) is 18.6 Å². The second kappa shape index (κ2) is 7.31. The molecular weight excluding hydrogens is 290 g/mol. The van der Waals surface area contributed by atoms with Crippen LogP contribution in [0, 0.1) is 6.92 Å². The highest BCUT2D eigenvalue weighted by Gasteiger charge is 2.18. The molecule has 5 nitrogen and oxygen atoms in total. The Kier molecular flexibility index (Phi) is 4.95. The van der Waals surface area contributed by atoms with Crippen LogP contribution in [0.4, 0.5) is 5.95 Å². The fraction of sp³-hybridized carbons (Fsp3) is 0.444. The van der Waals surface area contributed by atoms with E-state index in [1.54, 1.807) is 13.3 Å². The summed E-state index contributed by atoms with van der Waals surface area (Å²) in [7, 11) is 1.67. The molecule has 23 heavy (non-hydrogen) atoms. The largest absolute Gasteiger partial charge is 0.497 e.